The van der Waals surface area contributed by atoms with E-state index in [0.717, 1.165) is 30.9 Å². The lowest BCUT2D eigenvalue weighted by Gasteiger charge is -2.07. The van der Waals surface area contributed by atoms with Crippen LogP contribution in [-0.2, 0) is 6.42 Å². The van der Waals surface area contributed by atoms with Gasteiger partial charge in [-0.3, -0.25) is 0 Å². The second-order valence-corrected chi connectivity index (χ2v) is 4.96. The number of nitrogens with one attached hydrogen (secondary N) is 1. The molecule has 2 aromatic rings. The fraction of sp³-hybridized carbons (Fsp3) is 0.417. The van der Waals surface area contributed by atoms with Gasteiger partial charge in [-0.05, 0) is 37.6 Å². The molecule has 90 valence electrons. The minimum absolute atomic E-state index is 0.540. The molecule has 0 aromatic carbocycles. The van der Waals surface area contributed by atoms with E-state index in [1.165, 1.54) is 6.42 Å². The zero-order chi connectivity index (χ0) is 11.8. The van der Waals surface area contributed by atoms with Crippen molar-refractivity contribution in [2.75, 3.05) is 18.8 Å². The van der Waals surface area contributed by atoms with Gasteiger partial charge in [0, 0.05) is 18.3 Å². The van der Waals surface area contributed by atoms with Gasteiger partial charge < -0.3 is 15.5 Å². The first-order chi connectivity index (χ1) is 8.24. The quantitative estimate of drug-likeness (QED) is 0.854. The van der Waals surface area contributed by atoms with Crippen molar-refractivity contribution in [1.82, 2.24) is 14.7 Å². The van der Waals surface area contributed by atoms with Crippen molar-refractivity contribution in [2.45, 2.75) is 12.8 Å². The Morgan fingerprint density at radius 3 is 3.24 bits per heavy atom. The van der Waals surface area contributed by atoms with Crippen molar-refractivity contribution in [3.8, 4) is 0 Å². The lowest BCUT2D eigenvalue weighted by molar-refractivity contribution is 0.560. The molecule has 3 heterocycles. The first-order valence-electron chi connectivity index (χ1n) is 5.87. The van der Waals surface area contributed by atoms with E-state index in [9.17, 15) is 0 Å². The van der Waals surface area contributed by atoms with Gasteiger partial charge in [0.1, 0.15) is 5.82 Å². The van der Waals surface area contributed by atoms with Crippen LogP contribution >= 0.6 is 11.6 Å². The molecular formula is C12H15ClN4. The Kier molecular flexibility index (Phi) is 2.68. The maximum absolute atomic E-state index is 6.13. The molecule has 0 spiro atoms. The van der Waals surface area contributed by atoms with Gasteiger partial charge in [-0.25, -0.2) is 4.98 Å². The van der Waals surface area contributed by atoms with Gasteiger partial charge in [0.05, 0.1) is 5.52 Å². The number of pyridine rings is 1. The van der Waals surface area contributed by atoms with Crippen molar-refractivity contribution in [3.05, 3.63) is 29.3 Å². The van der Waals surface area contributed by atoms with E-state index in [2.05, 4.69) is 10.3 Å². The first-order valence-corrected chi connectivity index (χ1v) is 6.24. The molecule has 0 amide bonds. The predicted molar refractivity (Wildman–Crippen MR) is 69.3 cm³/mol. The van der Waals surface area contributed by atoms with E-state index in [0.29, 0.717) is 16.8 Å². The Bertz CT molecular complexity index is 543. The Morgan fingerprint density at radius 1 is 1.59 bits per heavy atom. The number of halogens is 1. The number of nitrogens with zero attached hydrogens (tertiary/aromatic N) is 2. The largest absolute Gasteiger partial charge is 0.399 e. The standard InChI is InChI=1S/C12H15ClN4/c13-12-10-6-9(14)2-4-17(10)11(16-12)5-8-1-3-15-7-8/h2,4,6,8,15H,1,3,5,7,14H2. The summed E-state index contributed by atoms with van der Waals surface area (Å²) in [6, 6.07) is 3.74. The minimum atomic E-state index is 0.540. The number of anilines is 1. The first kappa shape index (κ1) is 10.9. The molecule has 0 aliphatic carbocycles. The van der Waals surface area contributed by atoms with Crippen LogP contribution in [0, 0.1) is 5.92 Å². The molecule has 0 radical (unpaired) electrons. The zero-order valence-electron chi connectivity index (χ0n) is 9.49. The van der Waals surface area contributed by atoms with E-state index in [1.54, 1.807) is 0 Å². The highest BCUT2D eigenvalue weighted by atomic mass is 35.5. The topological polar surface area (TPSA) is 55.4 Å². The van der Waals surface area contributed by atoms with E-state index >= 15 is 0 Å². The summed E-state index contributed by atoms with van der Waals surface area (Å²) < 4.78 is 2.04. The van der Waals surface area contributed by atoms with E-state index in [-0.39, 0.29) is 0 Å². The van der Waals surface area contributed by atoms with Gasteiger partial charge in [-0.15, -0.1) is 0 Å². The maximum atomic E-state index is 6.13. The van der Waals surface area contributed by atoms with Gasteiger partial charge in [-0.2, -0.15) is 0 Å². The number of aromatic nitrogens is 2. The fourth-order valence-electron chi connectivity index (χ4n) is 2.42. The molecule has 1 aliphatic rings. The Hall–Kier alpha value is -1.26. The highest BCUT2D eigenvalue weighted by Crippen LogP contribution is 2.23. The van der Waals surface area contributed by atoms with Crippen molar-refractivity contribution in [2.24, 2.45) is 5.92 Å². The molecule has 1 aliphatic heterocycles. The number of hydrogen-bond acceptors (Lipinski definition) is 3. The fourth-order valence-corrected chi connectivity index (χ4v) is 2.66. The highest BCUT2D eigenvalue weighted by Gasteiger charge is 2.18. The van der Waals surface area contributed by atoms with Crippen molar-refractivity contribution in [3.63, 3.8) is 0 Å². The van der Waals surface area contributed by atoms with E-state index in [4.69, 9.17) is 17.3 Å². The van der Waals surface area contributed by atoms with Crippen LogP contribution < -0.4 is 11.1 Å². The molecule has 0 saturated carbocycles. The molecule has 3 N–H and O–H groups in total. The molecule has 17 heavy (non-hydrogen) atoms. The SMILES string of the molecule is Nc1ccn2c(CC3CCNC3)nc(Cl)c2c1. The summed E-state index contributed by atoms with van der Waals surface area (Å²) in [5, 5.41) is 3.91. The van der Waals surface area contributed by atoms with E-state index < -0.39 is 0 Å². The van der Waals surface area contributed by atoms with Crippen LogP contribution in [0.25, 0.3) is 5.52 Å². The van der Waals surface area contributed by atoms with Gasteiger partial charge in [0.2, 0.25) is 0 Å². The molecule has 1 fully saturated rings. The summed E-state index contributed by atoms with van der Waals surface area (Å²) in [5.41, 5.74) is 7.37. The van der Waals surface area contributed by atoms with Crippen molar-refractivity contribution < 1.29 is 0 Å². The van der Waals surface area contributed by atoms with Crippen LogP contribution in [0.15, 0.2) is 18.3 Å². The Morgan fingerprint density at radius 2 is 2.47 bits per heavy atom. The average Bonchev–Trinajstić information content (AvgIpc) is 2.89. The number of nitrogen functional groups attached to an aromatic ring is 1. The summed E-state index contributed by atoms with van der Waals surface area (Å²) >= 11 is 6.13. The monoisotopic (exact) mass is 250 g/mol. The molecule has 3 rings (SSSR count). The second kappa shape index (κ2) is 4.20. The summed E-state index contributed by atoms with van der Waals surface area (Å²) in [7, 11) is 0. The number of nitrogens with two attached hydrogens (primary N) is 1. The van der Waals surface area contributed by atoms with Crippen LogP contribution in [-0.4, -0.2) is 22.5 Å². The molecule has 1 atom stereocenters. The Balaban J connectivity index is 1.98. The molecule has 1 unspecified atom stereocenters. The molecular weight excluding hydrogens is 236 g/mol. The third kappa shape index (κ3) is 1.98. The number of hydrogen-bond donors (Lipinski definition) is 2. The smallest absolute Gasteiger partial charge is 0.155 e. The molecule has 2 aromatic heterocycles. The maximum Gasteiger partial charge on any atom is 0.155 e. The summed E-state index contributed by atoms with van der Waals surface area (Å²) in [4.78, 5) is 4.44. The van der Waals surface area contributed by atoms with Crippen molar-refractivity contribution in [1.29, 1.82) is 0 Å². The van der Waals surface area contributed by atoms with Crippen LogP contribution in [0.5, 0.6) is 0 Å². The lowest BCUT2D eigenvalue weighted by Crippen LogP contribution is -2.12. The number of imidazole rings is 1. The van der Waals surface area contributed by atoms with Crippen LogP contribution in [0.4, 0.5) is 5.69 Å². The summed E-state index contributed by atoms with van der Waals surface area (Å²) in [6.45, 7) is 2.18. The Labute approximate surface area is 105 Å². The number of fused-ring (bicyclic) bond motifs is 1. The predicted octanol–water partition coefficient (Wildman–Crippen LogP) is 1.72. The molecule has 4 nitrogen and oxygen atoms in total. The van der Waals surface area contributed by atoms with Gasteiger partial charge >= 0.3 is 0 Å². The molecule has 0 bridgehead atoms. The zero-order valence-corrected chi connectivity index (χ0v) is 10.2. The average molecular weight is 251 g/mol. The van der Waals surface area contributed by atoms with Gasteiger partial charge in [0.15, 0.2) is 5.15 Å². The lowest BCUT2D eigenvalue weighted by atomic mass is 10.1. The van der Waals surface area contributed by atoms with E-state index in [1.807, 2.05) is 22.7 Å². The van der Waals surface area contributed by atoms with Gasteiger partial charge in [0.25, 0.3) is 0 Å². The molecule has 5 heteroatoms. The van der Waals surface area contributed by atoms with Crippen molar-refractivity contribution >= 4 is 22.8 Å². The highest BCUT2D eigenvalue weighted by molar-refractivity contribution is 6.32. The second-order valence-electron chi connectivity index (χ2n) is 4.60. The van der Waals surface area contributed by atoms with Gasteiger partial charge in [-0.1, -0.05) is 11.6 Å². The third-order valence-electron chi connectivity index (χ3n) is 3.33. The summed E-state index contributed by atoms with van der Waals surface area (Å²) in [6.07, 6.45) is 4.12. The van der Waals surface area contributed by atoms with Crippen LogP contribution in [0.3, 0.4) is 0 Å². The third-order valence-corrected chi connectivity index (χ3v) is 3.61. The number of rotatable bonds is 2. The van der Waals surface area contributed by atoms with Crippen LogP contribution in [0.1, 0.15) is 12.2 Å². The summed E-state index contributed by atoms with van der Waals surface area (Å²) in [5.74, 6) is 1.69. The molecule has 1 saturated heterocycles. The minimum Gasteiger partial charge on any atom is -0.399 e. The van der Waals surface area contributed by atoms with Crippen LogP contribution in [0.2, 0.25) is 5.15 Å². The normalized spacial score (nSPS) is 20.2.